The zero-order valence-electron chi connectivity index (χ0n) is 9.53. The smallest absolute Gasteiger partial charge is 0.184 e. The second-order valence-electron chi connectivity index (χ2n) is 4.27. The molecule has 0 aromatic heterocycles. The Labute approximate surface area is 99.9 Å². The average Bonchev–Trinajstić information content (AvgIpc) is 2.98. The summed E-state index contributed by atoms with van der Waals surface area (Å²) >= 11 is 0. The highest BCUT2D eigenvalue weighted by Crippen LogP contribution is 2.36. The number of nitrogens with two attached hydrogens (primary N) is 1. The Morgan fingerprint density at radius 2 is 2.12 bits per heavy atom. The van der Waals surface area contributed by atoms with Gasteiger partial charge in [0.15, 0.2) is 9.84 Å². The van der Waals surface area contributed by atoms with E-state index >= 15 is 0 Å². The first-order chi connectivity index (χ1) is 7.96. The number of halogens is 1. The minimum absolute atomic E-state index is 0.191. The van der Waals surface area contributed by atoms with Crippen LogP contribution in [0.3, 0.4) is 0 Å². The van der Waals surface area contributed by atoms with Gasteiger partial charge < -0.3 is 11.1 Å². The summed E-state index contributed by atoms with van der Waals surface area (Å²) in [6.45, 7) is 0.281. The van der Waals surface area contributed by atoms with Crippen molar-refractivity contribution < 1.29 is 12.8 Å². The van der Waals surface area contributed by atoms with Gasteiger partial charge in [-0.1, -0.05) is 0 Å². The Balaban J connectivity index is 2.58. The normalized spacial score (nSPS) is 16.1. The Kier molecular flexibility index (Phi) is 3.09. The quantitative estimate of drug-likeness (QED) is 0.792. The zero-order valence-corrected chi connectivity index (χ0v) is 10.3. The average molecular weight is 258 g/mol. The van der Waals surface area contributed by atoms with Crippen molar-refractivity contribution in [1.29, 1.82) is 0 Å². The van der Waals surface area contributed by atoms with Crippen LogP contribution in [0.4, 0.5) is 10.1 Å². The number of benzene rings is 1. The molecule has 1 aliphatic carbocycles. The number of nitrogens with one attached hydrogen (secondary N) is 1. The summed E-state index contributed by atoms with van der Waals surface area (Å²) in [4.78, 5) is -0.191. The molecule has 0 radical (unpaired) electrons. The van der Waals surface area contributed by atoms with E-state index in [0.29, 0.717) is 18.4 Å². The third-order valence-corrected chi connectivity index (χ3v) is 5.13. The maximum atomic E-state index is 13.8. The second-order valence-corrected chi connectivity index (χ2v) is 6.43. The van der Waals surface area contributed by atoms with Crippen molar-refractivity contribution in [2.75, 3.05) is 12.8 Å². The third-order valence-electron chi connectivity index (χ3n) is 2.76. The predicted octanol–water partition coefficient (Wildman–Crippen LogP) is 1.06. The third kappa shape index (κ3) is 2.28. The van der Waals surface area contributed by atoms with Gasteiger partial charge in [-0.05, 0) is 37.6 Å². The molecule has 0 atom stereocenters. The molecule has 1 fully saturated rings. The van der Waals surface area contributed by atoms with Crippen LogP contribution >= 0.6 is 0 Å². The molecule has 4 nitrogen and oxygen atoms in total. The van der Waals surface area contributed by atoms with Crippen molar-refractivity contribution >= 4 is 15.5 Å². The van der Waals surface area contributed by atoms with Gasteiger partial charge in [0.05, 0.1) is 5.25 Å². The summed E-state index contributed by atoms with van der Waals surface area (Å²) in [6, 6.07) is 2.57. The van der Waals surface area contributed by atoms with E-state index in [1.807, 2.05) is 0 Å². The number of hydrogen-bond acceptors (Lipinski definition) is 4. The van der Waals surface area contributed by atoms with Crippen molar-refractivity contribution in [2.24, 2.45) is 0 Å². The van der Waals surface area contributed by atoms with E-state index in [4.69, 9.17) is 5.73 Å². The first-order valence-corrected chi connectivity index (χ1v) is 6.98. The van der Waals surface area contributed by atoms with Crippen LogP contribution in [0, 0.1) is 5.82 Å². The molecule has 1 aliphatic rings. The minimum Gasteiger partial charge on any atom is -0.399 e. The van der Waals surface area contributed by atoms with E-state index in [0.717, 1.165) is 6.07 Å². The molecule has 0 unspecified atom stereocenters. The first-order valence-electron chi connectivity index (χ1n) is 5.43. The van der Waals surface area contributed by atoms with Crippen LogP contribution in [-0.4, -0.2) is 20.7 Å². The monoisotopic (exact) mass is 258 g/mol. The molecule has 3 N–H and O–H groups in total. The number of hydrogen-bond donors (Lipinski definition) is 2. The van der Waals surface area contributed by atoms with E-state index in [9.17, 15) is 12.8 Å². The number of sulfone groups is 1. The molecule has 0 spiro atoms. The lowest BCUT2D eigenvalue weighted by molar-refractivity contribution is 0.560. The zero-order chi connectivity index (χ0) is 12.6. The molecule has 0 amide bonds. The maximum Gasteiger partial charge on any atom is 0.184 e. The maximum absolute atomic E-state index is 13.8. The van der Waals surface area contributed by atoms with Crippen LogP contribution < -0.4 is 11.1 Å². The van der Waals surface area contributed by atoms with E-state index in [2.05, 4.69) is 5.32 Å². The fraction of sp³-hybridized carbons (Fsp3) is 0.455. The highest BCUT2D eigenvalue weighted by Gasteiger charge is 2.39. The second kappa shape index (κ2) is 4.27. The molecule has 94 valence electrons. The van der Waals surface area contributed by atoms with Gasteiger partial charge in [0.1, 0.15) is 10.7 Å². The summed E-state index contributed by atoms with van der Waals surface area (Å²) in [5, 5.41) is 2.40. The van der Waals surface area contributed by atoms with Crippen molar-refractivity contribution in [3.8, 4) is 0 Å². The summed E-state index contributed by atoms with van der Waals surface area (Å²) in [5.74, 6) is -0.748. The lowest BCUT2D eigenvalue weighted by Gasteiger charge is -2.12. The molecule has 17 heavy (non-hydrogen) atoms. The number of anilines is 1. The summed E-state index contributed by atoms with van der Waals surface area (Å²) < 4.78 is 38.1. The van der Waals surface area contributed by atoms with Gasteiger partial charge in [0.25, 0.3) is 0 Å². The van der Waals surface area contributed by atoms with E-state index in [1.54, 1.807) is 7.05 Å². The molecule has 0 heterocycles. The topological polar surface area (TPSA) is 72.2 Å². The standard InChI is InChI=1S/C11H15FN2O2S/c1-14-6-7-4-8(13)5-10(12)11(7)17(15,16)9-2-3-9/h4-5,9,14H,2-3,6,13H2,1H3. The van der Waals surface area contributed by atoms with Crippen molar-refractivity contribution in [2.45, 2.75) is 29.5 Å². The summed E-state index contributed by atoms with van der Waals surface area (Å²) in [6.07, 6.45) is 1.23. The summed E-state index contributed by atoms with van der Waals surface area (Å²) in [7, 11) is -1.86. The van der Waals surface area contributed by atoms with E-state index in [-0.39, 0.29) is 17.1 Å². The van der Waals surface area contributed by atoms with Crippen molar-refractivity contribution in [3.63, 3.8) is 0 Å². The number of nitrogen functional groups attached to an aromatic ring is 1. The van der Waals surface area contributed by atoms with Gasteiger partial charge in [0.2, 0.25) is 0 Å². The highest BCUT2D eigenvalue weighted by atomic mass is 32.2. The van der Waals surface area contributed by atoms with Crippen LogP contribution in [0.25, 0.3) is 0 Å². The first kappa shape index (κ1) is 12.3. The van der Waals surface area contributed by atoms with Gasteiger partial charge in [-0.2, -0.15) is 0 Å². The molecule has 0 saturated heterocycles. The fourth-order valence-electron chi connectivity index (χ4n) is 1.86. The molecule has 6 heteroatoms. The fourth-order valence-corrected chi connectivity index (χ4v) is 3.78. The van der Waals surface area contributed by atoms with Gasteiger partial charge in [-0.25, -0.2) is 12.8 Å². The molecule has 2 rings (SSSR count). The molecular weight excluding hydrogens is 243 g/mol. The molecule has 1 aromatic carbocycles. The van der Waals surface area contributed by atoms with Crippen LogP contribution in [0.1, 0.15) is 18.4 Å². The van der Waals surface area contributed by atoms with Gasteiger partial charge in [-0.15, -0.1) is 0 Å². The van der Waals surface area contributed by atoms with Crippen LogP contribution in [0.5, 0.6) is 0 Å². The largest absolute Gasteiger partial charge is 0.399 e. The van der Waals surface area contributed by atoms with Gasteiger partial charge in [-0.3, -0.25) is 0 Å². The Morgan fingerprint density at radius 1 is 1.47 bits per heavy atom. The Hall–Kier alpha value is -1.14. The van der Waals surface area contributed by atoms with Crippen LogP contribution in [-0.2, 0) is 16.4 Å². The van der Waals surface area contributed by atoms with E-state index in [1.165, 1.54) is 6.07 Å². The number of rotatable bonds is 4. The highest BCUT2D eigenvalue weighted by molar-refractivity contribution is 7.92. The lowest BCUT2D eigenvalue weighted by atomic mass is 10.2. The summed E-state index contributed by atoms with van der Waals surface area (Å²) in [5.41, 5.74) is 6.17. The SMILES string of the molecule is CNCc1cc(N)cc(F)c1S(=O)(=O)C1CC1. The van der Waals surface area contributed by atoms with Crippen molar-refractivity contribution in [1.82, 2.24) is 5.32 Å². The molecule has 0 bridgehead atoms. The van der Waals surface area contributed by atoms with Crippen molar-refractivity contribution in [3.05, 3.63) is 23.5 Å². The Bertz CT molecular complexity index is 539. The Morgan fingerprint density at radius 3 is 2.65 bits per heavy atom. The lowest BCUT2D eigenvalue weighted by Crippen LogP contribution is -2.16. The van der Waals surface area contributed by atoms with E-state index < -0.39 is 20.9 Å². The molecule has 1 aromatic rings. The molecule has 0 aliphatic heterocycles. The van der Waals surface area contributed by atoms with Gasteiger partial charge >= 0.3 is 0 Å². The minimum atomic E-state index is -3.54. The van der Waals surface area contributed by atoms with Gasteiger partial charge in [0, 0.05) is 12.2 Å². The van der Waals surface area contributed by atoms with Crippen LogP contribution in [0.15, 0.2) is 17.0 Å². The predicted molar refractivity (Wildman–Crippen MR) is 63.8 cm³/mol. The van der Waals surface area contributed by atoms with Crippen LogP contribution in [0.2, 0.25) is 0 Å². The molecule has 1 saturated carbocycles. The molecular formula is C11H15FN2O2S.